The highest BCUT2D eigenvalue weighted by atomic mass is 35.5. The Balaban J connectivity index is 2.75. The lowest BCUT2D eigenvalue weighted by atomic mass is 10.7. The van der Waals surface area contributed by atoms with Gasteiger partial charge in [-0.1, -0.05) is 0 Å². The van der Waals surface area contributed by atoms with Crippen molar-refractivity contribution >= 4 is 29.6 Å². The molecule has 0 aliphatic heterocycles. The lowest BCUT2D eigenvalue weighted by Crippen LogP contribution is -2.16. The van der Waals surface area contributed by atoms with Crippen molar-refractivity contribution < 1.29 is 9.53 Å². The predicted octanol–water partition coefficient (Wildman–Crippen LogP) is 1.53. The van der Waals surface area contributed by atoms with E-state index in [9.17, 15) is 4.79 Å². The second-order valence-corrected chi connectivity index (χ2v) is 2.97. The van der Waals surface area contributed by atoms with Crippen molar-refractivity contribution in [1.82, 2.24) is 15.0 Å². The molecule has 1 heterocycles. The van der Waals surface area contributed by atoms with Gasteiger partial charge in [-0.05, 0) is 25.4 Å². The van der Waals surface area contributed by atoms with Gasteiger partial charge in [-0.3, -0.25) is 5.32 Å². The summed E-state index contributed by atoms with van der Waals surface area (Å²) in [5.41, 5.74) is 0. The topological polar surface area (TPSA) is 89.0 Å². The first-order chi connectivity index (χ1) is 7.65. The van der Waals surface area contributed by atoms with Crippen molar-refractivity contribution in [1.29, 1.82) is 0 Å². The molecule has 1 aromatic rings. The Morgan fingerprint density at radius 2 is 2.00 bits per heavy atom. The van der Waals surface area contributed by atoms with E-state index in [0.717, 1.165) is 0 Å². The number of nitrogens with one attached hydrogen (secondary N) is 2. The van der Waals surface area contributed by atoms with Crippen LogP contribution >= 0.6 is 11.6 Å². The lowest BCUT2D eigenvalue weighted by Gasteiger charge is -2.05. The summed E-state index contributed by atoms with van der Waals surface area (Å²) < 4.78 is 4.67. The Morgan fingerprint density at radius 3 is 2.62 bits per heavy atom. The predicted molar refractivity (Wildman–Crippen MR) is 59.6 cm³/mol. The summed E-state index contributed by atoms with van der Waals surface area (Å²) in [5, 5.41) is 5.19. The van der Waals surface area contributed by atoms with E-state index in [1.54, 1.807) is 6.92 Å². The maximum Gasteiger partial charge on any atom is 0.414 e. The van der Waals surface area contributed by atoms with Gasteiger partial charge in [-0.15, -0.1) is 0 Å². The van der Waals surface area contributed by atoms with Crippen LogP contribution in [0.15, 0.2) is 0 Å². The zero-order valence-electron chi connectivity index (χ0n) is 8.95. The number of hydrogen-bond acceptors (Lipinski definition) is 6. The molecular weight excluding hydrogens is 234 g/mol. The summed E-state index contributed by atoms with van der Waals surface area (Å²) in [7, 11) is 0. The molecule has 0 unspecified atom stereocenters. The van der Waals surface area contributed by atoms with Gasteiger partial charge in [-0.25, -0.2) is 4.79 Å². The van der Waals surface area contributed by atoms with Gasteiger partial charge >= 0.3 is 6.09 Å². The molecule has 0 saturated carbocycles. The fourth-order valence-electron chi connectivity index (χ4n) is 0.902. The van der Waals surface area contributed by atoms with E-state index in [-0.39, 0.29) is 17.8 Å². The summed E-state index contributed by atoms with van der Waals surface area (Å²) in [6.45, 7) is 4.49. The molecule has 0 fully saturated rings. The highest BCUT2D eigenvalue weighted by molar-refractivity contribution is 6.28. The third-order valence-corrected chi connectivity index (χ3v) is 1.60. The Kier molecular flexibility index (Phi) is 4.71. The van der Waals surface area contributed by atoms with E-state index in [4.69, 9.17) is 11.6 Å². The van der Waals surface area contributed by atoms with Crippen LogP contribution in [0.25, 0.3) is 0 Å². The molecular formula is C8H12ClN5O2. The number of halogens is 1. The molecule has 0 spiro atoms. The SMILES string of the molecule is CCNc1nc(Cl)nc(NC(=O)OCC)n1. The maximum absolute atomic E-state index is 11.1. The molecule has 2 N–H and O–H groups in total. The number of carbonyl (C=O) groups is 1. The third kappa shape index (κ3) is 3.85. The average molecular weight is 246 g/mol. The van der Waals surface area contributed by atoms with Crippen molar-refractivity contribution in [3.8, 4) is 0 Å². The van der Waals surface area contributed by atoms with Crippen LogP contribution in [-0.2, 0) is 4.74 Å². The summed E-state index contributed by atoms with van der Waals surface area (Å²) in [5.74, 6) is 0.351. The molecule has 0 saturated heterocycles. The number of carbonyl (C=O) groups excluding carboxylic acids is 1. The number of rotatable bonds is 4. The van der Waals surface area contributed by atoms with E-state index < -0.39 is 6.09 Å². The van der Waals surface area contributed by atoms with Crippen LogP contribution < -0.4 is 10.6 Å². The normalized spacial score (nSPS) is 9.69. The van der Waals surface area contributed by atoms with Crippen molar-refractivity contribution in [2.45, 2.75) is 13.8 Å². The van der Waals surface area contributed by atoms with E-state index >= 15 is 0 Å². The summed E-state index contributed by atoms with van der Waals surface area (Å²) in [4.78, 5) is 22.6. The van der Waals surface area contributed by atoms with Gasteiger partial charge in [0.15, 0.2) is 0 Å². The molecule has 0 atom stereocenters. The molecule has 1 amide bonds. The number of nitrogens with zero attached hydrogens (tertiary/aromatic N) is 3. The second kappa shape index (κ2) is 6.06. The Morgan fingerprint density at radius 1 is 1.31 bits per heavy atom. The van der Waals surface area contributed by atoms with Crippen LogP contribution in [0.2, 0.25) is 5.28 Å². The quantitative estimate of drug-likeness (QED) is 0.836. The van der Waals surface area contributed by atoms with Crippen molar-refractivity contribution in [2.24, 2.45) is 0 Å². The van der Waals surface area contributed by atoms with Crippen LogP contribution in [0.3, 0.4) is 0 Å². The van der Waals surface area contributed by atoms with E-state index in [0.29, 0.717) is 12.5 Å². The van der Waals surface area contributed by atoms with Gasteiger partial charge < -0.3 is 10.1 Å². The molecule has 88 valence electrons. The average Bonchev–Trinajstić information content (AvgIpc) is 2.17. The fourth-order valence-corrected chi connectivity index (χ4v) is 1.06. The molecule has 1 rings (SSSR count). The minimum atomic E-state index is -0.632. The molecule has 0 radical (unpaired) electrons. The monoisotopic (exact) mass is 245 g/mol. The van der Waals surface area contributed by atoms with Crippen molar-refractivity contribution in [2.75, 3.05) is 23.8 Å². The van der Waals surface area contributed by atoms with E-state index in [1.165, 1.54) is 0 Å². The zero-order chi connectivity index (χ0) is 12.0. The molecule has 16 heavy (non-hydrogen) atoms. The molecule has 7 nitrogen and oxygen atoms in total. The minimum absolute atomic E-state index is 0.00208. The van der Waals surface area contributed by atoms with Gasteiger partial charge in [0.25, 0.3) is 0 Å². The van der Waals surface area contributed by atoms with Crippen LogP contribution in [0.4, 0.5) is 16.7 Å². The van der Waals surface area contributed by atoms with Crippen LogP contribution in [0, 0.1) is 0 Å². The number of ether oxygens (including phenoxy) is 1. The van der Waals surface area contributed by atoms with Gasteiger partial charge in [0.1, 0.15) is 0 Å². The molecule has 0 bridgehead atoms. The number of hydrogen-bond donors (Lipinski definition) is 2. The Hall–Kier alpha value is -1.63. The number of anilines is 2. The van der Waals surface area contributed by atoms with Crippen LogP contribution in [0.1, 0.15) is 13.8 Å². The number of amides is 1. The largest absolute Gasteiger partial charge is 0.450 e. The van der Waals surface area contributed by atoms with Gasteiger partial charge in [-0.2, -0.15) is 15.0 Å². The highest BCUT2D eigenvalue weighted by Gasteiger charge is 2.08. The van der Waals surface area contributed by atoms with E-state index in [2.05, 4.69) is 30.3 Å². The van der Waals surface area contributed by atoms with Crippen molar-refractivity contribution in [3.63, 3.8) is 0 Å². The fraction of sp³-hybridized carbons (Fsp3) is 0.500. The molecule has 0 aliphatic carbocycles. The molecule has 0 aromatic carbocycles. The van der Waals surface area contributed by atoms with E-state index in [1.807, 2.05) is 6.92 Å². The highest BCUT2D eigenvalue weighted by Crippen LogP contribution is 2.09. The molecule has 0 aliphatic rings. The molecule has 1 aromatic heterocycles. The molecule has 8 heteroatoms. The smallest absolute Gasteiger partial charge is 0.414 e. The Bertz CT molecular complexity index is 373. The van der Waals surface area contributed by atoms with Crippen LogP contribution in [-0.4, -0.2) is 34.2 Å². The lowest BCUT2D eigenvalue weighted by molar-refractivity contribution is 0.167. The third-order valence-electron chi connectivity index (χ3n) is 1.43. The van der Waals surface area contributed by atoms with Gasteiger partial charge in [0.2, 0.25) is 17.2 Å². The first kappa shape index (κ1) is 12.4. The summed E-state index contributed by atoms with van der Waals surface area (Å²) in [6.07, 6.45) is -0.632. The summed E-state index contributed by atoms with van der Waals surface area (Å²) in [6, 6.07) is 0. The first-order valence-electron chi connectivity index (χ1n) is 4.75. The summed E-state index contributed by atoms with van der Waals surface area (Å²) >= 11 is 5.65. The maximum atomic E-state index is 11.1. The van der Waals surface area contributed by atoms with Crippen LogP contribution in [0.5, 0.6) is 0 Å². The van der Waals surface area contributed by atoms with Crippen molar-refractivity contribution in [3.05, 3.63) is 5.28 Å². The zero-order valence-corrected chi connectivity index (χ0v) is 9.71. The second-order valence-electron chi connectivity index (χ2n) is 2.63. The van der Waals surface area contributed by atoms with Gasteiger partial charge in [0.05, 0.1) is 6.61 Å². The Labute approximate surface area is 97.6 Å². The van der Waals surface area contributed by atoms with Gasteiger partial charge in [0, 0.05) is 6.54 Å². The minimum Gasteiger partial charge on any atom is -0.450 e. The standard InChI is InChI=1S/C8H12ClN5O2/c1-3-10-6-11-5(9)12-7(13-6)14-8(15)16-4-2/h3-4H2,1-2H3,(H2,10,11,12,13,14,15). The number of aromatic nitrogens is 3. The first-order valence-corrected chi connectivity index (χ1v) is 5.12.